The van der Waals surface area contributed by atoms with Gasteiger partial charge < -0.3 is 15.3 Å². The van der Waals surface area contributed by atoms with Gasteiger partial charge in [0.05, 0.1) is 17.4 Å². The standard InChI is InChI=1S/C23H21F3N2O3/c24-23(25,26)16-5-7-18-15(8-9-28(13-29)21(18)11-16)10-22(31)27-20-3-1-2-14-4-6-17(30)12-19(14)20/h1-3,5,7,10-11,13,17,30H,4,6,8-9,12H2,(H,27,31)/b15-10+. The molecule has 162 valence electrons. The summed E-state index contributed by atoms with van der Waals surface area (Å²) in [6, 6.07) is 8.77. The smallest absolute Gasteiger partial charge is 0.393 e. The van der Waals surface area contributed by atoms with Crippen LogP contribution < -0.4 is 10.2 Å². The van der Waals surface area contributed by atoms with Gasteiger partial charge in [-0.05, 0) is 54.2 Å². The van der Waals surface area contributed by atoms with Crippen LogP contribution in [0.4, 0.5) is 24.5 Å². The molecule has 1 aliphatic heterocycles. The Morgan fingerprint density at radius 3 is 2.74 bits per heavy atom. The molecule has 0 bridgehead atoms. The number of alkyl halides is 3. The van der Waals surface area contributed by atoms with E-state index in [1.54, 1.807) is 6.07 Å². The van der Waals surface area contributed by atoms with Crippen molar-refractivity contribution >= 4 is 29.3 Å². The van der Waals surface area contributed by atoms with Crippen LogP contribution in [0.1, 0.15) is 35.1 Å². The SMILES string of the molecule is O=CN1CC/C(=C\C(=O)Nc2cccc3c2CC(O)CC3)c2ccc(C(F)(F)F)cc21. The van der Waals surface area contributed by atoms with Crippen LogP contribution in [0.5, 0.6) is 0 Å². The fourth-order valence-electron chi connectivity index (χ4n) is 4.19. The molecule has 2 aromatic carbocycles. The molecule has 2 aromatic rings. The second kappa shape index (κ2) is 8.19. The van der Waals surface area contributed by atoms with Crippen LogP contribution in [0, 0.1) is 0 Å². The topological polar surface area (TPSA) is 69.6 Å². The first-order valence-electron chi connectivity index (χ1n) is 10.00. The Bertz CT molecular complexity index is 1060. The number of hydrogen-bond acceptors (Lipinski definition) is 3. The Morgan fingerprint density at radius 2 is 2.00 bits per heavy atom. The molecule has 1 unspecified atom stereocenters. The Balaban J connectivity index is 1.63. The molecule has 0 saturated carbocycles. The summed E-state index contributed by atoms with van der Waals surface area (Å²) in [5, 5.41) is 12.8. The van der Waals surface area contributed by atoms with Gasteiger partial charge in [0.1, 0.15) is 0 Å². The predicted octanol–water partition coefficient (Wildman–Crippen LogP) is 3.94. The molecule has 0 fully saturated rings. The van der Waals surface area contributed by atoms with Crippen molar-refractivity contribution in [2.75, 3.05) is 16.8 Å². The van der Waals surface area contributed by atoms with Gasteiger partial charge >= 0.3 is 6.18 Å². The van der Waals surface area contributed by atoms with Gasteiger partial charge in [-0.2, -0.15) is 13.2 Å². The molecule has 31 heavy (non-hydrogen) atoms. The highest BCUT2D eigenvalue weighted by Gasteiger charge is 2.33. The number of carbonyl (C=O) groups excluding carboxylic acids is 2. The lowest BCUT2D eigenvalue weighted by atomic mass is 9.88. The summed E-state index contributed by atoms with van der Waals surface area (Å²) in [7, 11) is 0. The van der Waals surface area contributed by atoms with Crippen molar-refractivity contribution in [1.82, 2.24) is 0 Å². The summed E-state index contributed by atoms with van der Waals surface area (Å²) in [6.45, 7) is 0.184. The van der Waals surface area contributed by atoms with Crippen molar-refractivity contribution in [3.63, 3.8) is 0 Å². The molecule has 8 heteroatoms. The lowest BCUT2D eigenvalue weighted by Gasteiger charge is -2.28. The number of nitrogens with one attached hydrogen (secondary N) is 1. The van der Waals surface area contributed by atoms with Crippen molar-refractivity contribution in [2.45, 2.75) is 38.0 Å². The molecule has 4 rings (SSSR count). The van der Waals surface area contributed by atoms with Crippen molar-refractivity contribution < 1.29 is 27.9 Å². The number of aryl methyl sites for hydroxylation is 1. The zero-order valence-corrected chi connectivity index (χ0v) is 16.6. The van der Waals surface area contributed by atoms with Crippen molar-refractivity contribution in [3.8, 4) is 0 Å². The Kier molecular flexibility index (Phi) is 5.58. The highest BCUT2D eigenvalue weighted by Crippen LogP contribution is 2.39. The lowest BCUT2D eigenvalue weighted by molar-refractivity contribution is -0.137. The first-order chi connectivity index (χ1) is 14.8. The second-order valence-corrected chi connectivity index (χ2v) is 7.78. The Hall–Kier alpha value is -3.13. The highest BCUT2D eigenvalue weighted by atomic mass is 19.4. The molecule has 1 aliphatic carbocycles. The van der Waals surface area contributed by atoms with Gasteiger partial charge in [0, 0.05) is 30.3 Å². The fraction of sp³-hybridized carbons (Fsp3) is 0.304. The number of hydrogen-bond donors (Lipinski definition) is 2. The van der Waals surface area contributed by atoms with E-state index in [0.29, 0.717) is 42.5 Å². The van der Waals surface area contributed by atoms with Gasteiger partial charge in [0.15, 0.2) is 0 Å². The number of aliphatic hydroxyl groups is 1. The number of nitrogens with zero attached hydrogens (tertiary/aromatic N) is 1. The van der Waals surface area contributed by atoms with E-state index >= 15 is 0 Å². The third-order valence-corrected chi connectivity index (χ3v) is 5.75. The number of carbonyl (C=O) groups is 2. The predicted molar refractivity (Wildman–Crippen MR) is 111 cm³/mol. The third-order valence-electron chi connectivity index (χ3n) is 5.75. The summed E-state index contributed by atoms with van der Waals surface area (Å²) in [6.07, 6.45) is -0.901. The Morgan fingerprint density at radius 1 is 1.19 bits per heavy atom. The molecular formula is C23H21F3N2O3. The van der Waals surface area contributed by atoms with Crippen LogP contribution in [0.15, 0.2) is 42.5 Å². The first-order valence-corrected chi connectivity index (χ1v) is 10.00. The van der Waals surface area contributed by atoms with Crippen LogP contribution in [0.2, 0.25) is 0 Å². The Labute approximate surface area is 177 Å². The summed E-state index contributed by atoms with van der Waals surface area (Å²) < 4.78 is 39.3. The quantitative estimate of drug-likeness (QED) is 0.573. The number of benzene rings is 2. The largest absolute Gasteiger partial charge is 0.416 e. The number of fused-ring (bicyclic) bond motifs is 2. The molecule has 5 nitrogen and oxygen atoms in total. The average molecular weight is 430 g/mol. The molecule has 0 spiro atoms. The summed E-state index contributed by atoms with van der Waals surface area (Å²) in [5.74, 6) is -0.408. The molecule has 1 heterocycles. The lowest BCUT2D eigenvalue weighted by Crippen LogP contribution is -2.28. The third kappa shape index (κ3) is 4.34. The molecule has 2 N–H and O–H groups in total. The van der Waals surface area contributed by atoms with Gasteiger partial charge in [0.2, 0.25) is 12.3 Å². The zero-order valence-electron chi connectivity index (χ0n) is 16.6. The minimum absolute atomic E-state index is 0.135. The molecule has 2 amide bonds. The van der Waals surface area contributed by atoms with Gasteiger partial charge in [-0.25, -0.2) is 0 Å². The van der Waals surface area contributed by atoms with Gasteiger partial charge in [-0.15, -0.1) is 0 Å². The number of rotatable bonds is 3. The van der Waals surface area contributed by atoms with Crippen LogP contribution in [-0.4, -0.2) is 30.1 Å². The van der Waals surface area contributed by atoms with Gasteiger partial charge in [-0.1, -0.05) is 18.2 Å². The maximum Gasteiger partial charge on any atom is 0.416 e. The average Bonchev–Trinajstić information content (AvgIpc) is 2.73. The van der Waals surface area contributed by atoms with Crippen LogP contribution in [0.25, 0.3) is 5.57 Å². The van der Waals surface area contributed by atoms with E-state index in [2.05, 4.69) is 5.32 Å². The minimum Gasteiger partial charge on any atom is -0.393 e. The normalized spacial score (nSPS) is 19.5. The molecule has 0 aromatic heterocycles. The van der Waals surface area contributed by atoms with E-state index in [9.17, 15) is 27.9 Å². The van der Waals surface area contributed by atoms with Crippen LogP contribution in [0.3, 0.4) is 0 Å². The number of halogens is 3. The van der Waals surface area contributed by atoms with E-state index in [0.717, 1.165) is 29.7 Å². The number of anilines is 2. The number of amides is 2. The van der Waals surface area contributed by atoms with Crippen LogP contribution >= 0.6 is 0 Å². The minimum atomic E-state index is -4.53. The first kappa shape index (κ1) is 21.1. The molecule has 1 atom stereocenters. The second-order valence-electron chi connectivity index (χ2n) is 7.78. The monoisotopic (exact) mass is 430 g/mol. The van der Waals surface area contributed by atoms with E-state index in [1.807, 2.05) is 12.1 Å². The van der Waals surface area contributed by atoms with E-state index in [-0.39, 0.29) is 12.2 Å². The zero-order chi connectivity index (χ0) is 22.2. The number of aliphatic hydroxyl groups excluding tert-OH is 1. The van der Waals surface area contributed by atoms with Gasteiger partial charge in [-0.3, -0.25) is 9.59 Å². The summed E-state index contributed by atoms with van der Waals surface area (Å²) in [4.78, 5) is 25.3. The molecule has 2 aliphatic rings. The van der Waals surface area contributed by atoms with Crippen molar-refractivity contribution in [3.05, 3.63) is 64.7 Å². The summed E-state index contributed by atoms with van der Waals surface area (Å²) >= 11 is 0. The van der Waals surface area contributed by atoms with E-state index < -0.39 is 23.8 Å². The molecular weight excluding hydrogens is 409 g/mol. The molecule has 0 radical (unpaired) electrons. The summed E-state index contributed by atoms with van der Waals surface area (Å²) in [5.41, 5.74) is 2.87. The van der Waals surface area contributed by atoms with Gasteiger partial charge in [0.25, 0.3) is 0 Å². The van der Waals surface area contributed by atoms with E-state index in [4.69, 9.17) is 0 Å². The van der Waals surface area contributed by atoms with Crippen LogP contribution in [-0.2, 0) is 28.6 Å². The van der Waals surface area contributed by atoms with Crippen molar-refractivity contribution in [1.29, 1.82) is 0 Å². The highest BCUT2D eigenvalue weighted by molar-refractivity contribution is 6.06. The molecule has 0 saturated heterocycles. The fourth-order valence-corrected chi connectivity index (χ4v) is 4.19. The maximum absolute atomic E-state index is 13.1. The van der Waals surface area contributed by atoms with Crippen molar-refractivity contribution in [2.24, 2.45) is 0 Å². The van der Waals surface area contributed by atoms with E-state index in [1.165, 1.54) is 17.0 Å². The maximum atomic E-state index is 13.1.